The van der Waals surface area contributed by atoms with E-state index in [-0.39, 0.29) is 19.3 Å². The van der Waals surface area contributed by atoms with Crippen molar-refractivity contribution in [1.29, 1.82) is 0 Å². The van der Waals surface area contributed by atoms with E-state index in [1.807, 2.05) is 0 Å². The van der Waals surface area contributed by atoms with E-state index < -0.39 is 91.5 Å². The highest BCUT2D eigenvalue weighted by molar-refractivity contribution is 7.47. The zero-order chi connectivity index (χ0) is 83.6. The van der Waals surface area contributed by atoms with Crippen LogP contribution in [0.3, 0.4) is 0 Å². The number of carbonyl (C=O) groups is 3. The van der Waals surface area contributed by atoms with Crippen LogP contribution in [0.15, 0.2) is 182 Å². The van der Waals surface area contributed by atoms with Gasteiger partial charge in [0, 0.05) is 19.3 Å². The number of phosphoric ester groups is 2. The number of allylic oxidation sites excluding steroid dienone is 30. The lowest BCUT2D eigenvalue weighted by Crippen LogP contribution is -2.30. The Balaban J connectivity index is 4.65. The van der Waals surface area contributed by atoms with Gasteiger partial charge in [0.1, 0.15) is 25.4 Å². The highest BCUT2D eigenvalue weighted by Crippen LogP contribution is 2.45. The average molecular weight is 1650 g/mol. The molecule has 0 aromatic carbocycles. The SMILES string of the molecule is CC/C=C\C/C=C\C/C=C\C/C=C\C/C=C\C/C=C\CCCCCCCCCCCCC(=O)OCC(O)COP(=O)(O)OCC(O)COP(=O)(O)OCC(COC(=O)CCCCCCCCCCCCCCC/C=C\C/C=C\C/C=C\C/C=C\C/C=C\CC)OC(=O)CCCCCCC/C=C\C/C=C\C/C=C\C/C=C\CCCCC. The molecule has 0 spiro atoms. The van der Waals surface area contributed by atoms with Crippen molar-refractivity contribution < 1.29 is 75.8 Å². The second-order valence-electron chi connectivity index (χ2n) is 29.6. The quantitative estimate of drug-likeness (QED) is 0.0146. The van der Waals surface area contributed by atoms with Gasteiger partial charge in [-0.05, 0) is 161 Å². The van der Waals surface area contributed by atoms with E-state index in [0.717, 1.165) is 193 Å². The number of esters is 3. The molecule has 0 saturated heterocycles. The van der Waals surface area contributed by atoms with Crippen molar-refractivity contribution >= 4 is 33.6 Å². The highest BCUT2D eigenvalue weighted by Gasteiger charge is 2.29. The summed E-state index contributed by atoms with van der Waals surface area (Å²) in [6.07, 6.45) is 115. The fourth-order valence-electron chi connectivity index (χ4n) is 11.8. The molecule has 0 bridgehead atoms. The molecule has 0 aliphatic rings. The number of phosphoric acid groups is 2. The molecule has 0 aromatic rings. The van der Waals surface area contributed by atoms with E-state index in [1.165, 1.54) is 103 Å². The van der Waals surface area contributed by atoms with Crippen molar-refractivity contribution in [3.8, 4) is 0 Å². The lowest BCUT2D eigenvalue weighted by Gasteiger charge is -2.21. The molecular formula is C97H162O16P2. The zero-order valence-corrected chi connectivity index (χ0v) is 73.9. The molecule has 0 heterocycles. The lowest BCUT2D eigenvalue weighted by molar-refractivity contribution is -0.161. The number of hydrogen-bond acceptors (Lipinski definition) is 14. The third-order valence-corrected chi connectivity index (χ3v) is 20.5. The second-order valence-corrected chi connectivity index (χ2v) is 32.5. The van der Waals surface area contributed by atoms with Gasteiger partial charge in [-0.25, -0.2) is 9.13 Å². The van der Waals surface area contributed by atoms with E-state index in [4.69, 9.17) is 32.3 Å². The van der Waals surface area contributed by atoms with Crippen LogP contribution in [0.4, 0.5) is 0 Å². The van der Waals surface area contributed by atoms with Crippen LogP contribution in [-0.4, -0.2) is 95.9 Å². The minimum atomic E-state index is -4.95. The van der Waals surface area contributed by atoms with Gasteiger partial charge < -0.3 is 34.2 Å². The highest BCUT2D eigenvalue weighted by atomic mass is 31.2. The summed E-state index contributed by atoms with van der Waals surface area (Å²) in [5, 5.41) is 20.7. The number of rotatable bonds is 84. The van der Waals surface area contributed by atoms with Gasteiger partial charge in [0.25, 0.3) is 0 Å². The summed E-state index contributed by atoms with van der Waals surface area (Å²) in [5.74, 6) is -1.60. The van der Waals surface area contributed by atoms with E-state index in [2.05, 4.69) is 203 Å². The topological polar surface area (TPSA) is 231 Å². The first-order valence-electron chi connectivity index (χ1n) is 45.1. The van der Waals surface area contributed by atoms with Crippen molar-refractivity contribution in [2.24, 2.45) is 0 Å². The molecular weight excluding hydrogens is 1480 g/mol. The Morgan fingerprint density at radius 2 is 0.461 bits per heavy atom. The standard InChI is InChI=1S/C97H162O16P2/c1-4-7-10-13-16-19-22-25-28-31-34-37-39-41-43-45-47-49-51-54-56-59-62-65-68-71-74-77-80-83-95(100)107-86-92(98)87-109-114(103,104)110-88-93(99)89-111-115(105,106)112-91-94(113-97(102)85-82-79-76-73-70-67-64-61-58-53-36-33-30-27-24-21-18-15-12-9-6-3)90-108-96(101)84-81-78-75-72-69-66-63-60-57-55-52-50-48-46-44-42-40-38-35-32-29-26-23-20-17-14-11-8-5-2/h7-8,10-11,16-21,25-30,34-38,41-44,47,49,53,61,64,92-94,98-99H,4-6,9,12-15,22-24,31-33,39-40,45-46,48,50-52,54-60,62-63,65-91H2,1-3H3,(H,103,104)(H,105,106)/b10-7-,11-8-,19-16-,20-17-,21-18-,28-25-,29-26-,30-27-,37-34-,38-35-,43-41-,44-42-,49-47-,53-36-,64-61-. The van der Waals surface area contributed by atoms with Crippen LogP contribution in [0.25, 0.3) is 0 Å². The summed E-state index contributed by atoms with van der Waals surface area (Å²) in [4.78, 5) is 59.0. The van der Waals surface area contributed by atoms with Gasteiger partial charge in [0.15, 0.2) is 6.10 Å². The molecule has 0 aromatic heterocycles. The molecule has 656 valence electrons. The van der Waals surface area contributed by atoms with Crippen molar-refractivity contribution in [3.05, 3.63) is 182 Å². The van der Waals surface area contributed by atoms with Crippen LogP contribution in [0, 0.1) is 0 Å². The largest absolute Gasteiger partial charge is 0.472 e. The molecule has 0 radical (unpaired) electrons. The first kappa shape index (κ1) is 110. The Bertz CT molecular complexity index is 2820. The van der Waals surface area contributed by atoms with Gasteiger partial charge in [0.05, 0.1) is 26.4 Å². The smallest absolute Gasteiger partial charge is 0.463 e. The van der Waals surface area contributed by atoms with Crippen LogP contribution in [0.5, 0.6) is 0 Å². The number of aliphatic hydroxyl groups is 2. The van der Waals surface area contributed by atoms with Crippen molar-refractivity contribution in [2.45, 2.75) is 373 Å². The zero-order valence-electron chi connectivity index (χ0n) is 72.1. The molecule has 16 nitrogen and oxygen atoms in total. The van der Waals surface area contributed by atoms with E-state index >= 15 is 0 Å². The molecule has 5 unspecified atom stereocenters. The van der Waals surface area contributed by atoms with Crippen LogP contribution < -0.4 is 0 Å². The Morgan fingerprint density at radius 1 is 0.252 bits per heavy atom. The minimum absolute atomic E-state index is 0.0786. The average Bonchev–Trinajstić information content (AvgIpc) is 0.901. The summed E-state index contributed by atoms with van der Waals surface area (Å²) in [5.41, 5.74) is 0. The Kier molecular flexibility index (Phi) is 83.9. The van der Waals surface area contributed by atoms with E-state index in [1.54, 1.807) is 0 Å². The monoisotopic (exact) mass is 1650 g/mol. The molecule has 0 saturated carbocycles. The summed E-state index contributed by atoms with van der Waals surface area (Å²) >= 11 is 0. The van der Waals surface area contributed by atoms with Crippen molar-refractivity contribution in [2.75, 3.05) is 39.6 Å². The molecule has 0 aliphatic carbocycles. The Labute approximate surface area is 700 Å². The van der Waals surface area contributed by atoms with Gasteiger partial charge in [-0.2, -0.15) is 0 Å². The first-order valence-corrected chi connectivity index (χ1v) is 48.1. The molecule has 115 heavy (non-hydrogen) atoms. The molecule has 5 atom stereocenters. The number of hydrogen-bond donors (Lipinski definition) is 4. The van der Waals surface area contributed by atoms with Gasteiger partial charge in [-0.15, -0.1) is 0 Å². The third kappa shape index (κ3) is 89.3. The third-order valence-electron chi connectivity index (χ3n) is 18.6. The molecule has 0 aliphatic heterocycles. The number of unbranched alkanes of at least 4 members (excludes halogenated alkanes) is 31. The lowest BCUT2D eigenvalue weighted by atomic mass is 10.0. The fraction of sp³-hybridized carbons (Fsp3) is 0.660. The second kappa shape index (κ2) is 87.9. The predicted octanol–water partition coefficient (Wildman–Crippen LogP) is 27.7. The molecule has 0 rings (SSSR count). The van der Waals surface area contributed by atoms with Gasteiger partial charge >= 0.3 is 33.6 Å². The Hall–Kier alpha value is -5.35. The number of aliphatic hydroxyl groups excluding tert-OH is 2. The molecule has 0 fully saturated rings. The summed E-state index contributed by atoms with van der Waals surface area (Å²) in [6.45, 7) is 2.42. The van der Waals surface area contributed by atoms with Crippen LogP contribution >= 0.6 is 15.6 Å². The fourth-order valence-corrected chi connectivity index (χ4v) is 13.4. The van der Waals surface area contributed by atoms with Crippen LogP contribution in [-0.2, 0) is 55.8 Å². The number of ether oxygens (including phenoxy) is 3. The van der Waals surface area contributed by atoms with E-state index in [0.29, 0.717) is 19.3 Å². The maximum Gasteiger partial charge on any atom is 0.472 e. The van der Waals surface area contributed by atoms with E-state index in [9.17, 15) is 43.5 Å². The minimum Gasteiger partial charge on any atom is -0.463 e. The van der Waals surface area contributed by atoms with Gasteiger partial charge in [-0.3, -0.25) is 32.5 Å². The summed E-state index contributed by atoms with van der Waals surface area (Å²) in [6, 6.07) is 0. The van der Waals surface area contributed by atoms with Crippen molar-refractivity contribution in [3.63, 3.8) is 0 Å². The predicted molar refractivity (Wildman–Crippen MR) is 481 cm³/mol. The van der Waals surface area contributed by atoms with Crippen LogP contribution in [0.2, 0.25) is 0 Å². The molecule has 18 heteroatoms. The Morgan fingerprint density at radius 3 is 0.730 bits per heavy atom. The maximum absolute atomic E-state index is 13.1. The molecule has 4 N–H and O–H groups in total. The molecule has 0 amide bonds. The summed E-state index contributed by atoms with van der Waals surface area (Å²) in [7, 11) is -9.82. The first-order chi connectivity index (χ1) is 56.2. The van der Waals surface area contributed by atoms with Gasteiger partial charge in [0.2, 0.25) is 0 Å². The van der Waals surface area contributed by atoms with Gasteiger partial charge in [-0.1, -0.05) is 357 Å². The maximum atomic E-state index is 13.1. The van der Waals surface area contributed by atoms with Crippen LogP contribution in [0.1, 0.15) is 355 Å². The summed E-state index contributed by atoms with van der Waals surface area (Å²) < 4.78 is 61.4. The normalized spacial score (nSPS) is 14.7. The number of carbonyl (C=O) groups excluding carboxylic acids is 3. The van der Waals surface area contributed by atoms with Crippen molar-refractivity contribution in [1.82, 2.24) is 0 Å².